The summed E-state index contributed by atoms with van der Waals surface area (Å²) in [7, 11) is 0. The topological polar surface area (TPSA) is 52.9 Å². The molecule has 1 aromatic carbocycles. The number of carbonyl (C=O) groups is 1. The number of amides is 1. The molecule has 1 unspecified atom stereocenters. The van der Waals surface area contributed by atoms with Crippen LogP contribution in [0.4, 0.5) is 5.69 Å². The first kappa shape index (κ1) is 12.3. The van der Waals surface area contributed by atoms with Crippen molar-refractivity contribution in [2.45, 2.75) is 26.7 Å². The maximum absolute atomic E-state index is 11.5. The summed E-state index contributed by atoms with van der Waals surface area (Å²) in [5.41, 5.74) is 1.92. The quantitative estimate of drug-likeness (QED) is 0.844. The number of rotatable bonds is 3. The highest BCUT2D eigenvalue weighted by atomic mass is 16.1. The van der Waals surface area contributed by atoms with Crippen molar-refractivity contribution in [1.29, 1.82) is 5.26 Å². The van der Waals surface area contributed by atoms with E-state index in [2.05, 4.69) is 19.2 Å². The van der Waals surface area contributed by atoms with Crippen molar-refractivity contribution in [1.82, 2.24) is 0 Å². The van der Waals surface area contributed by atoms with Gasteiger partial charge in [-0.1, -0.05) is 26.0 Å². The zero-order chi connectivity index (χ0) is 12.1. The molecule has 16 heavy (non-hydrogen) atoms. The van der Waals surface area contributed by atoms with E-state index in [0.29, 0.717) is 5.92 Å². The van der Waals surface area contributed by atoms with E-state index in [4.69, 9.17) is 5.26 Å². The van der Waals surface area contributed by atoms with Gasteiger partial charge in [-0.05, 0) is 30.5 Å². The Hall–Kier alpha value is -1.82. The van der Waals surface area contributed by atoms with Gasteiger partial charge >= 0.3 is 0 Å². The molecule has 0 saturated heterocycles. The summed E-state index contributed by atoms with van der Waals surface area (Å²) in [5, 5.41) is 11.3. The molecule has 1 N–H and O–H groups in total. The fourth-order valence-electron chi connectivity index (χ4n) is 1.28. The molecule has 0 aliphatic carbocycles. The highest BCUT2D eigenvalue weighted by Gasteiger charge is 2.11. The molecular weight excluding hydrogens is 200 g/mol. The highest BCUT2D eigenvalue weighted by molar-refractivity contribution is 5.93. The molecule has 1 amide bonds. The molecule has 3 nitrogen and oxygen atoms in total. The molecular formula is C13H16N2O. The Balaban J connectivity index is 2.79. The molecule has 1 rings (SSSR count). The Bertz CT molecular complexity index is 418. The Morgan fingerprint density at radius 3 is 2.62 bits per heavy atom. The van der Waals surface area contributed by atoms with Crippen LogP contribution in [0.1, 0.15) is 32.3 Å². The summed E-state index contributed by atoms with van der Waals surface area (Å²) < 4.78 is 0. The van der Waals surface area contributed by atoms with Gasteiger partial charge in [0.25, 0.3) is 0 Å². The van der Waals surface area contributed by atoms with Crippen LogP contribution in [0.15, 0.2) is 24.3 Å². The Morgan fingerprint density at radius 2 is 2.06 bits per heavy atom. The summed E-state index contributed by atoms with van der Waals surface area (Å²) in [6.45, 7) is 5.78. The summed E-state index contributed by atoms with van der Waals surface area (Å²) in [4.78, 5) is 11.5. The molecule has 1 aromatic rings. The van der Waals surface area contributed by atoms with E-state index < -0.39 is 5.92 Å². The minimum absolute atomic E-state index is 0.261. The maximum atomic E-state index is 11.5. The zero-order valence-electron chi connectivity index (χ0n) is 9.82. The van der Waals surface area contributed by atoms with Crippen molar-refractivity contribution >= 4 is 11.6 Å². The maximum Gasteiger partial charge on any atom is 0.241 e. The van der Waals surface area contributed by atoms with Crippen molar-refractivity contribution in [3.05, 3.63) is 29.8 Å². The van der Waals surface area contributed by atoms with Crippen molar-refractivity contribution in [3.63, 3.8) is 0 Å². The van der Waals surface area contributed by atoms with Gasteiger partial charge in [0.15, 0.2) is 0 Å². The fraction of sp³-hybridized carbons (Fsp3) is 0.385. The Labute approximate surface area is 96.1 Å². The predicted molar refractivity (Wildman–Crippen MR) is 63.9 cm³/mol. The van der Waals surface area contributed by atoms with Crippen LogP contribution >= 0.6 is 0 Å². The van der Waals surface area contributed by atoms with Gasteiger partial charge in [-0.3, -0.25) is 4.79 Å². The molecule has 84 valence electrons. The predicted octanol–water partition coefficient (Wildman–Crippen LogP) is 2.91. The lowest BCUT2D eigenvalue weighted by molar-refractivity contribution is -0.117. The molecule has 3 heteroatoms. The third kappa shape index (κ3) is 3.09. The first-order chi connectivity index (χ1) is 7.54. The SMILES string of the molecule is CC(C#N)C(=O)Nc1cccc(C(C)C)c1. The van der Waals surface area contributed by atoms with Crippen LogP contribution in [-0.2, 0) is 4.79 Å². The number of hydrogen-bond acceptors (Lipinski definition) is 2. The second-order valence-corrected chi connectivity index (χ2v) is 4.12. The molecule has 0 heterocycles. The standard InChI is InChI=1S/C13H16N2O/c1-9(2)11-5-4-6-12(7-11)15-13(16)10(3)8-14/h4-7,9-10H,1-3H3,(H,15,16). The molecule has 0 aliphatic rings. The van der Waals surface area contributed by atoms with E-state index in [1.165, 1.54) is 5.56 Å². The van der Waals surface area contributed by atoms with Crippen LogP contribution in [-0.4, -0.2) is 5.91 Å². The molecule has 1 atom stereocenters. The van der Waals surface area contributed by atoms with E-state index in [1.807, 2.05) is 30.3 Å². The molecule has 0 aliphatic heterocycles. The van der Waals surface area contributed by atoms with E-state index in [1.54, 1.807) is 6.92 Å². The normalized spacial score (nSPS) is 11.9. The largest absolute Gasteiger partial charge is 0.325 e. The summed E-state index contributed by atoms with van der Waals surface area (Å²) in [5.74, 6) is -0.462. The van der Waals surface area contributed by atoms with Crippen molar-refractivity contribution in [2.24, 2.45) is 5.92 Å². The highest BCUT2D eigenvalue weighted by Crippen LogP contribution is 2.18. The first-order valence-electron chi connectivity index (χ1n) is 5.35. The number of carbonyl (C=O) groups excluding carboxylic acids is 1. The molecule has 0 saturated carbocycles. The first-order valence-corrected chi connectivity index (χ1v) is 5.35. The molecule has 0 radical (unpaired) electrons. The Kier molecular flexibility index (Phi) is 4.07. The lowest BCUT2D eigenvalue weighted by Gasteiger charge is -2.10. The molecule has 0 bridgehead atoms. The van der Waals surface area contributed by atoms with Crippen LogP contribution in [0.25, 0.3) is 0 Å². The van der Waals surface area contributed by atoms with Gasteiger partial charge in [-0.15, -0.1) is 0 Å². The lowest BCUT2D eigenvalue weighted by Crippen LogP contribution is -2.18. The van der Waals surface area contributed by atoms with Gasteiger partial charge in [0.05, 0.1) is 6.07 Å². The lowest BCUT2D eigenvalue weighted by atomic mass is 10.0. The van der Waals surface area contributed by atoms with E-state index in [0.717, 1.165) is 5.69 Å². The van der Waals surface area contributed by atoms with Gasteiger partial charge in [0, 0.05) is 5.69 Å². The van der Waals surface area contributed by atoms with Crippen molar-refractivity contribution in [2.75, 3.05) is 5.32 Å². The van der Waals surface area contributed by atoms with Crippen LogP contribution in [0.3, 0.4) is 0 Å². The average Bonchev–Trinajstić information content (AvgIpc) is 2.28. The fourth-order valence-corrected chi connectivity index (χ4v) is 1.28. The number of nitrogens with zero attached hydrogens (tertiary/aromatic N) is 1. The molecule has 0 fully saturated rings. The number of anilines is 1. The van der Waals surface area contributed by atoms with Crippen LogP contribution in [0.5, 0.6) is 0 Å². The minimum atomic E-state index is -0.622. The van der Waals surface area contributed by atoms with E-state index in [9.17, 15) is 4.79 Å². The second kappa shape index (κ2) is 5.32. The third-order valence-electron chi connectivity index (χ3n) is 2.41. The summed E-state index contributed by atoms with van der Waals surface area (Å²) in [6, 6.07) is 9.60. The molecule has 0 spiro atoms. The number of hydrogen-bond donors (Lipinski definition) is 1. The number of benzene rings is 1. The van der Waals surface area contributed by atoms with Crippen LogP contribution in [0, 0.1) is 17.2 Å². The van der Waals surface area contributed by atoms with Crippen molar-refractivity contribution in [3.8, 4) is 6.07 Å². The van der Waals surface area contributed by atoms with Crippen LogP contribution < -0.4 is 5.32 Å². The van der Waals surface area contributed by atoms with E-state index >= 15 is 0 Å². The number of nitrogens with one attached hydrogen (secondary N) is 1. The molecule has 0 aromatic heterocycles. The summed E-state index contributed by atoms with van der Waals surface area (Å²) >= 11 is 0. The smallest absolute Gasteiger partial charge is 0.241 e. The van der Waals surface area contributed by atoms with Gasteiger partial charge in [-0.25, -0.2) is 0 Å². The van der Waals surface area contributed by atoms with Gasteiger partial charge in [0.2, 0.25) is 5.91 Å². The van der Waals surface area contributed by atoms with Crippen molar-refractivity contribution < 1.29 is 4.79 Å². The second-order valence-electron chi connectivity index (χ2n) is 4.12. The van der Waals surface area contributed by atoms with E-state index in [-0.39, 0.29) is 5.91 Å². The van der Waals surface area contributed by atoms with Gasteiger partial charge in [0.1, 0.15) is 5.92 Å². The van der Waals surface area contributed by atoms with Gasteiger partial charge < -0.3 is 5.32 Å². The average molecular weight is 216 g/mol. The Morgan fingerprint density at radius 1 is 1.38 bits per heavy atom. The minimum Gasteiger partial charge on any atom is -0.325 e. The van der Waals surface area contributed by atoms with Crippen LogP contribution in [0.2, 0.25) is 0 Å². The van der Waals surface area contributed by atoms with Gasteiger partial charge in [-0.2, -0.15) is 5.26 Å². The summed E-state index contributed by atoms with van der Waals surface area (Å²) in [6.07, 6.45) is 0. The monoisotopic (exact) mass is 216 g/mol. The number of nitriles is 1. The zero-order valence-corrected chi connectivity index (χ0v) is 9.82. The third-order valence-corrected chi connectivity index (χ3v) is 2.41.